The monoisotopic (exact) mass is 218 g/mol. The predicted molar refractivity (Wildman–Crippen MR) is 57.4 cm³/mol. The molecule has 88 valence electrons. The summed E-state index contributed by atoms with van der Waals surface area (Å²) in [5, 5.41) is 0. The highest BCUT2D eigenvalue weighted by Crippen LogP contribution is 2.37. The van der Waals surface area contributed by atoms with Crippen LogP contribution in [0.2, 0.25) is 0 Å². The highest BCUT2D eigenvalue weighted by Gasteiger charge is 2.37. The number of hydrogen-bond acceptors (Lipinski definition) is 2. The first-order chi connectivity index (χ1) is 7.09. The van der Waals surface area contributed by atoms with Crippen LogP contribution in [-0.4, -0.2) is 12.0 Å². The zero-order chi connectivity index (χ0) is 11.3. The smallest absolute Gasteiger partial charge is 0.248 e. The summed E-state index contributed by atoms with van der Waals surface area (Å²) in [7, 11) is 0. The minimum Gasteiger partial charge on any atom is -0.271 e. The molecule has 1 rings (SSSR count). The van der Waals surface area contributed by atoms with Crippen LogP contribution in [0.3, 0.4) is 0 Å². The SMILES string of the molecule is C=CCCC(NN)C1CCC(F)(F)CC1. The van der Waals surface area contributed by atoms with E-state index < -0.39 is 5.92 Å². The molecule has 0 radical (unpaired) electrons. The number of halogens is 2. The van der Waals surface area contributed by atoms with Crippen LogP contribution in [0, 0.1) is 5.92 Å². The second-order valence-corrected chi connectivity index (χ2v) is 4.33. The summed E-state index contributed by atoms with van der Waals surface area (Å²) in [5.74, 6) is 3.28. The first-order valence-corrected chi connectivity index (χ1v) is 5.54. The molecular weight excluding hydrogens is 198 g/mol. The van der Waals surface area contributed by atoms with E-state index in [1.54, 1.807) is 0 Å². The fourth-order valence-corrected chi connectivity index (χ4v) is 2.22. The Kier molecular flexibility index (Phi) is 4.67. The maximum Gasteiger partial charge on any atom is 0.248 e. The second-order valence-electron chi connectivity index (χ2n) is 4.33. The van der Waals surface area contributed by atoms with Crippen LogP contribution in [0.1, 0.15) is 38.5 Å². The number of hydrogen-bond donors (Lipinski definition) is 2. The van der Waals surface area contributed by atoms with E-state index in [2.05, 4.69) is 12.0 Å². The highest BCUT2D eigenvalue weighted by atomic mass is 19.3. The van der Waals surface area contributed by atoms with Gasteiger partial charge >= 0.3 is 0 Å². The van der Waals surface area contributed by atoms with Gasteiger partial charge in [0.2, 0.25) is 5.92 Å². The van der Waals surface area contributed by atoms with E-state index in [9.17, 15) is 8.78 Å². The molecule has 0 amide bonds. The van der Waals surface area contributed by atoms with Crippen LogP contribution >= 0.6 is 0 Å². The first-order valence-electron chi connectivity index (χ1n) is 5.54. The molecule has 0 aromatic carbocycles. The van der Waals surface area contributed by atoms with Crippen molar-refractivity contribution in [3.05, 3.63) is 12.7 Å². The molecule has 0 bridgehead atoms. The van der Waals surface area contributed by atoms with Gasteiger partial charge < -0.3 is 0 Å². The van der Waals surface area contributed by atoms with Crippen LogP contribution in [0.4, 0.5) is 8.78 Å². The minimum absolute atomic E-state index is 0.00390. The van der Waals surface area contributed by atoms with Gasteiger partial charge in [-0.25, -0.2) is 8.78 Å². The van der Waals surface area contributed by atoms with Crippen molar-refractivity contribution in [2.24, 2.45) is 11.8 Å². The third-order valence-corrected chi connectivity index (χ3v) is 3.23. The Hall–Kier alpha value is -0.480. The van der Waals surface area contributed by atoms with Crippen LogP contribution in [-0.2, 0) is 0 Å². The van der Waals surface area contributed by atoms with Crippen molar-refractivity contribution < 1.29 is 8.78 Å². The van der Waals surface area contributed by atoms with Gasteiger partial charge in [-0.2, -0.15) is 0 Å². The number of rotatable bonds is 5. The molecule has 2 nitrogen and oxygen atoms in total. The van der Waals surface area contributed by atoms with Crippen molar-refractivity contribution in [2.75, 3.05) is 0 Å². The number of nitrogens with one attached hydrogen (secondary N) is 1. The molecule has 1 aliphatic carbocycles. The fourth-order valence-electron chi connectivity index (χ4n) is 2.22. The lowest BCUT2D eigenvalue weighted by atomic mass is 9.81. The highest BCUT2D eigenvalue weighted by molar-refractivity contribution is 4.85. The van der Waals surface area contributed by atoms with Gasteiger partial charge in [0, 0.05) is 18.9 Å². The Morgan fingerprint density at radius 1 is 1.47 bits per heavy atom. The Bertz CT molecular complexity index is 197. The molecule has 1 fully saturated rings. The van der Waals surface area contributed by atoms with Crippen molar-refractivity contribution in [1.29, 1.82) is 0 Å². The summed E-state index contributed by atoms with van der Waals surface area (Å²) in [5.41, 5.74) is 2.74. The van der Waals surface area contributed by atoms with Crippen LogP contribution in [0.5, 0.6) is 0 Å². The van der Waals surface area contributed by atoms with E-state index in [1.165, 1.54) is 0 Å². The molecule has 0 saturated heterocycles. The van der Waals surface area contributed by atoms with Crippen LogP contribution in [0.15, 0.2) is 12.7 Å². The molecule has 0 heterocycles. The number of nitrogens with two attached hydrogens (primary N) is 1. The topological polar surface area (TPSA) is 38.0 Å². The second kappa shape index (κ2) is 5.56. The standard InChI is InChI=1S/C11H20F2N2/c1-2-3-4-10(15-14)9-5-7-11(12,13)8-6-9/h2,9-10,15H,1,3-8,14H2. The number of hydrazine groups is 1. The summed E-state index contributed by atoms with van der Waals surface area (Å²) in [6.07, 6.45) is 4.74. The van der Waals surface area contributed by atoms with Gasteiger partial charge in [-0.15, -0.1) is 6.58 Å². The molecule has 1 unspecified atom stereocenters. The molecular formula is C11H20F2N2. The molecule has 15 heavy (non-hydrogen) atoms. The van der Waals surface area contributed by atoms with E-state index in [1.807, 2.05) is 6.08 Å². The minimum atomic E-state index is -2.45. The lowest BCUT2D eigenvalue weighted by Crippen LogP contribution is -2.43. The summed E-state index contributed by atoms with van der Waals surface area (Å²) >= 11 is 0. The maximum atomic E-state index is 12.9. The van der Waals surface area contributed by atoms with E-state index in [0.29, 0.717) is 12.8 Å². The van der Waals surface area contributed by atoms with Crippen molar-refractivity contribution in [1.82, 2.24) is 5.43 Å². The molecule has 1 atom stereocenters. The van der Waals surface area contributed by atoms with E-state index in [-0.39, 0.29) is 24.8 Å². The quantitative estimate of drug-likeness (QED) is 0.423. The lowest BCUT2D eigenvalue weighted by molar-refractivity contribution is -0.0498. The van der Waals surface area contributed by atoms with Crippen molar-refractivity contribution >= 4 is 0 Å². The third-order valence-electron chi connectivity index (χ3n) is 3.23. The normalized spacial score (nSPS) is 23.7. The number of alkyl halides is 2. The van der Waals surface area contributed by atoms with Crippen LogP contribution in [0.25, 0.3) is 0 Å². The molecule has 0 spiro atoms. The van der Waals surface area contributed by atoms with Gasteiger partial charge in [0.25, 0.3) is 0 Å². The average Bonchev–Trinajstić information content (AvgIpc) is 2.21. The van der Waals surface area contributed by atoms with Gasteiger partial charge in [-0.1, -0.05) is 6.08 Å². The molecule has 0 aliphatic heterocycles. The summed E-state index contributed by atoms with van der Waals surface area (Å²) in [4.78, 5) is 0. The summed E-state index contributed by atoms with van der Waals surface area (Å²) in [6, 6.07) is 0.152. The summed E-state index contributed by atoms with van der Waals surface area (Å²) < 4.78 is 25.9. The lowest BCUT2D eigenvalue weighted by Gasteiger charge is -2.33. The van der Waals surface area contributed by atoms with Gasteiger partial charge in [0.1, 0.15) is 0 Å². The Morgan fingerprint density at radius 3 is 2.53 bits per heavy atom. The maximum absolute atomic E-state index is 12.9. The van der Waals surface area contributed by atoms with Crippen molar-refractivity contribution in [2.45, 2.75) is 50.5 Å². The molecule has 1 aliphatic rings. The molecule has 0 aromatic heterocycles. The Labute approximate surface area is 89.9 Å². The van der Waals surface area contributed by atoms with Crippen LogP contribution < -0.4 is 11.3 Å². The first kappa shape index (κ1) is 12.6. The summed E-state index contributed by atoms with van der Waals surface area (Å²) in [6.45, 7) is 3.65. The molecule has 0 aromatic rings. The van der Waals surface area contributed by atoms with E-state index in [0.717, 1.165) is 12.8 Å². The van der Waals surface area contributed by atoms with Gasteiger partial charge in [-0.3, -0.25) is 11.3 Å². The average molecular weight is 218 g/mol. The Balaban J connectivity index is 2.39. The molecule has 1 saturated carbocycles. The number of allylic oxidation sites excluding steroid dienone is 1. The van der Waals surface area contributed by atoms with Crippen molar-refractivity contribution in [3.8, 4) is 0 Å². The van der Waals surface area contributed by atoms with Gasteiger partial charge in [0.15, 0.2) is 0 Å². The van der Waals surface area contributed by atoms with E-state index in [4.69, 9.17) is 5.84 Å². The molecule has 3 N–H and O–H groups in total. The zero-order valence-electron chi connectivity index (χ0n) is 9.02. The van der Waals surface area contributed by atoms with E-state index >= 15 is 0 Å². The zero-order valence-corrected chi connectivity index (χ0v) is 9.02. The van der Waals surface area contributed by atoms with Gasteiger partial charge in [-0.05, 0) is 31.6 Å². The van der Waals surface area contributed by atoms with Crippen molar-refractivity contribution in [3.63, 3.8) is 0 Å². The largest absolute Gasteiger partial charge is 0.271 e. The Morgan fingerprint density at radius 2 is 2.07 bits per heavy atom. The third kappa shape index (κ3) is 3.87. The molecule has 4 heteroatoms. The fraction of sp³-hybridized carbons (Fsp3) is 0.818. The van der Waals surface area contributed by atoms with Gasteiger partial charge in [0.05, 0.1) is 0 Å². The predicted octanol–water partition coefficient (Wildman–Crippen LogP) is 2.61.